The minimum atomic E-state index is -0.887. The standard InChI is InChI=1S/C17H24O4/c1-16-8-7-12-10(11(16)4-6-13(16)18)3-5-14(19)17(12,2)9-15(20)21/h10-12H,3-9H2,1-2H3,(H,20,21). The van der Waals surface area contributed by atoms with Crippen LogP contribution in [-0.4, -0.2) is 22.6 Å². The van der Waals surface area contributed by atoms with Crippen LogP contribution >= 0.6 is 0 Å². The molecule has 3 fully saturated rings. The molecule has 3 aliphatic carbocycles. The summed E-state index contributed by atoms with van der Waals surface area (Å²) < 4.78 is 0. The first-order valence-electron chi connectivity index (χ1n) is 8.07. The number of ketones is 2. The lowest BCUT2D eigenvalue weighted by atomic mass is 9.49. The molecule has 5 atom stereocenters. The summed E-state index contributed by atoms with van der Waals surface area (Å²) in [5.41, 5.74) is -0.951. The average Bonchev–Trinajstić information content (AvgIpc) is 2.70. The minimum absolute atomic E-state index is 0.0651. The molecule has 0 bridgehead atoms. The Labute approximate surface area is 125 Å². The highest BCUT2D eigenvalue weighted by Crippen LogP contribution is 2.61. The van der Waals surface area contributed by atoms with E-state index in [2.05, 4.69) is 6.92 Å². The van der Waals surface area contributed by atoms with E-state index in [1.54, 1.807) is 0 Å². The molecule has 0 aromatic heterocycles. The molecule has 0 amide bonds. The van der Waals surface area contributed by atoms with Gasteiger partial charge in [0.2, 0.25) is 0 Å². The lowest BCUT2D eigenvalue weighted by Crippen LogP contribution is -2.53. The van der Waals surface area contributed by atoms with Crippen molar-refractivity contribution in [1.29, 1.82) is 0 Å². The molecular formula is C17H24O4. The van der Waals surface area contributed by atoms with Gasteiger partial charge in [0.1, 0.15) is 11.6 Å². The molecular weight excluding hydrogens is 268 g/mol. The largest absolute Gasteiger partial charge is 0.481 e. The van der Waals surface area contributed by atoms with Crippen LogP contribution in [0.15, 0.2) is 0 Å². The van der Waals surface area contributed by atoms with Crippen LogP contribution in [-0.2, 0) is 14.4 Å². The van der Waals surface area contributed by atoms with Gasteiger partial charge >= 0.3 is 5.97 Å². The first-order chi connectivity index (χ1) is 9.79. The molecule has 21 heavy (non-hydrogen) atoms. The number of aliphatic carboxylic acids is 1. The molecule has 0 aromatic rings. The quantitative estimate of drug-likeness (QED) is 0.849. The van der Waals surface area contributed by atoms with E-state index < -0.39 is 11.4 Å². The maximum atomic E-state index is 12.4. The van der Waals surface area contributed by atoms with Gasteiger partial charge in [-0.1, -0.05) is 13.8 Å². The third kappa shape index (κ3) is 1.98. The van der Waals surface area contributed by atoms with Crippen molar-refractivity contribution in [1.82, 2.24) is 0 Å². The molecule has 0 radical (unpaired) electrons. The number of carbonyl (C=O) groups is 3. The fourth-order valence-electron chi connectivity index (χ4n) is 5.59. The SMILES string of the molecule is CC12CCC3C(CCC(=O)C3(C)CC(=O)O)C1CCC2=O. The fraction of sp³-hybridized carbons (Fsp3) is 0.824. The minimum Gasteiger partial charge on any atom is -0.481 e. The first-order valence-corrected chi connectivity index (χ1v) is 8.07. The van der Waals surface area contributed by atoms with Crippen molar-refractivity contribution in [2.24, 2.45) is 28.6 Å². The van der Waals surface area contributed by atoms with E-state index in [1.807, 2.05) is 6.92 Å². The van der Waals surface area contributed by atoms with Gasteiger partial charge in [-0.25, -0.2) is 0 Å². The molecule has 0 saturated heterocycles. The van der Waals surface area contributed by atoms with Gasteiger partial charge in [-0.05, 0) is 43.4 Å². The molecule has 116 valence electrons. The number of carboxylic acids is 1. The van der Waals surface area contributed by atoms with Crippen molar-refractivity contribution in [3.8, 4) is 0 Å². The van der Waals surface area contributed by atoms with Crippen LogP contribution in [0.4, 0.5) is 0 Å². The molecule has 3 rings (SSSR count). The zero-order chi connectivity index (χ0) is 15.4. The summed E-state index contributed by atoms with van der Waals surface area (Å²) in [7, 11) is 0. The maximum Gasteiger partial charge on any atom is 0.304 e. The van der Waals surface area contributed by atoms with Crippen molar-refractivity contribution in [3.05, 3.63) is 0 Å². The second-order valence-corrected chi connectivity index (χ2v) is 7.74. The molecule has 0 heterocycles. The van der Waals surface area contributed by atoms with E-state index in [0.29, 0.717) is 30.5 Å². The summed E-state index contributed by atoms with van der Waals surface area (Å²) >= 11 is 0. The van der Waals surface area contributed by atoms with E-state index in [4.69, 9.17) is 0 Å². The topological polar surface area (TPSA) is 71.4 Å². The molecule has 5 unspecified atom stereocenters. The Kier molecular flexibility index (Phi) is 3.26. The zero-order valence-corrected chi connectivity index (χ0v) is 12.9. The Morgan fingerprint density at radius 1 is 1.10 bits per heavy atom. The van der Waals surface area contributed by atoms with E-state index in [-0.39, 0.29) is 23.5 Å². The molecule has 0 spiro atoms. The lowest BCUT2D eigenvalue weighted by Gasteiger charge is -2.53. The second-order valence-electron chi connectivity index (χ2n) is 7.74. The highest BCUT2D eigenvalue weighted by Gasteiger charge is 2.59. The van der Waals surface area contributed by atoms with Gasteiger partial charge in [-0.2, -0.15) is 0 Å². The summed E-state index contributed by atoms with van der Waals surface area (Å²) in [4.78, 5) is 35.9. The number of hydrogen-bond donors (Lipinski definition) is 1. The van der Waals surface area contributed by atoms with E-state index in [0.717, 1.165) is 25.7 Å². The monoisotopic (exact) mass is 292 g/mol. The van der Waals surface area contributed by atoms with Crippen molar-refractivity contribution in [2.45, 2.75) is 58.8 Å². The van der Waals surface area contributed by atoms with Gasteiger partial charge in [-0.3, -0.25) is 14.4 Å². The highest BCUT2D eigenvalue weighted by atomic mass is 16.4. The van der Waals surface area contributed by atoms with Gasteiger partial charge in [0, 0.05) is 23.7 Å². The van der Waals surface area contributed by atoms with E-state index >= 15 is 0 Å². The Morgan fingerprint density at radius 3 is 2.43 bits per heavy atom. The van der Waals surface area contributed by atoms with Gasteiger partial charge in [0.05, 0.1) is 6.42 Å². The van der Waals surface area contributed by atoms with Crippen LogP contribution in [0.1, 0.15) is 58.8 Å². The van der Waals surface area contributed by atoms with E-state index in [9.17, 15) is 19.5 Å². The summed E-state index contributed by atoms with van der Waals surface area (Å²) in [5, 5.41) is 9.21. The van der Waals surface area contributed by atoms with Crippen LogP contribution in [0.2, 0.25) is 0 Å². The normalized spacial score (nSPS) is 46.1. The van der Waals surface area contributed by atoms with Crippen LogP contribution in [0.25, 0.3) is 0 Å². The average molecular weight is 292 g/mol. The molecule has 3 aliphatic rings. The van der Waals surface area contributed by atoms with Crippen LogP contribution in [0, 0.1) is 28.6 Å². The predicted octanol–water partition coefficient (Wildman–Crippen LogP) is 2.84. The number of carboxylic acid groups (broad SMARTS) is 1. The van der Waals surface area contributed by atoms with Crippen LogP contribution in [0.5, 0.6) is 0 Å². The molecule has 4 heteroatoms. The summed E-state index contributed by atoms with van der Waals surface area (Å²) in [5.74, 6) is 0.435. The number of fused-ring (bicyclic) bond motifs is 3. The fourth-order valence-corrected chi connectivity index (χ4v) is 5.59. The number of hydrogen-bond acceptors (Lipinski definition) is 3. The maximum absolute atomic E-state index is 12.4. The molecule has 1 N–H and O–H groups in total. The van der Waals surface area contributed by atoms with Gasteiger partial charge in [0.25, 0.3) is 0 Å². The Morgan fingerprint density at radius 2 is 1.76 bits per heavy atom. The Bertz CT molecular complexity index is 511. The number of rotatable bonds is 2. The lowest BCUT2D eigenvalue weighted by molar-refractivity contribution is -0.156. The zero-order valence-electron chi connectivity index (χ0n) is 12.9. The number of carbonyl (C=O) groups excluding carboxylic acids is 2. The molecule has 0 aliphatic heterocycles. The summed E-state index contributed by atoms with van der Waals surface area (Å²) in [6, 6.07) is 0. The van der Waals surface area contributed by atoms with Crippen molar-refractivity contribution < 1.29 is 19.5 Å². The Balaban J connectivity index is 1.94. The third-order valence-electron chi connectivity index (χ3n) is 6.82. The molecule has 3 saturated carbocycles. The van der Waals surface area contributed by atoms with Gasteiger partial charge in [0.15, 0.2) is 0 Å². The summed E-state index contributed by atoms with van der Waals surface area (Å²) in [6.45, 7) is 3.94. The number of Topliss-reactive ketones (excluding diaryl/α,β-unsaturated/α-hetero) is 2. The summed E-state index contributed by atoms with van der Waals surface area (Å²) in [6.07, 6.45) is 4.48. The van der Waals surface area contributed by atoms with Crippen LogP contribution in [0.3, 0.4) is 0 Å². The third-order valence-corrected chi connectivity index (χ3v) is 6.82. The van der Waals surface area contributed by atoms with Crippen molar-refractivity contribution in [2.75, 3.05) is 0 Å². The van der Waals surface area contributed by atoms with Gasteiger partial charge < -0.3 is 5.11 Å². The van der Waals surface area contributed by atoms with Gasteiger partial charge in [-0.15, -0.1) is 0 Å². The predicted molar refractivity (Wildman–Crippen MR) is 76.7 cm³/mol. The highest BCUT2D eigenvalue weighted by molar-refractivity contribution is 5.90. The van der Waals surface area contributed by atoms with Crippen molar-refractivity contribution >= 4 is 17.5 Å². The molecule has 0 aromatic carbocycles. The Hall–Kier alpha value is -1.19. The molecule has 4 nitrogen and oxygen atoms in total. The first kappa shape index (κ1) is 14.7. The van der Waals surface area contributed by atoms with E-state index in [1.165, 1.54) is 0 Å². The second kappa shape index (κ2) is 4.65. The smallest absolute Gasteiger partial charge is 0.304 e. The van der Waals surface area contributed by atoms with Crippen LogP contribution < -0.4 is 0 Å². The van der Waals surface area contributed by atoms with Crippen molar-refractivity contribution in [3.63, 3.8) is 0 Å².